The van der Waals surface area contributed by atoms with Gasteiger partial charge in [0.15, 0.2) is 21.4 Å². The normalized spacial score (nSPS) is 10.6. The Morgan fingerprint density at radius 1 is 1.11 bits per heavy atom. The van der Waals surface area contributed by atoms with Crippen molar-refractivity contribution in [1.29, 1.82) is 0 Å². The van der Waals surface area contributed by atoms with Gasteiger partial charge in [-0.25, -0.2) is 0 Å². The molecule has 0 radical (unpaired) electrons. The molecule has 0 spiro atoms. The zero-order valence-corrected chi connectivity index (χ0v) is 17.5. The molecule has 0 unspecified atom stereocenters. The molecule has 0 amide bonds. The summed E-state index contributed by atoms with van der Waals surface area (Å²) in [4.78, 5) is 16.0. The van der Waals surface area contributed by atoms with Gasteiger partial charge in [-0.2, -0.15) is 4.68 Å². The van der Waals surface area contributed by atoms with E-state index in [-0.39, 0.29) is 15.4 Å². The molecule has 0 aliphatic heterocycles. The van der Waals surface area contributed by atoms with Crippen molar-refractivity contribution in [2.45, 2.75) is 13.8 Å². The van der Waals surface area contributed by atoms with Crippen LogP contribution in [0.15, 0.2) is 35.1 Å². The number of anilines is 1. The summed E-state index contributed by atoms with van der Waals surface area (Å²) in [6.45, 7) is 4.00. The van der Waals surface area contributed by atoms with E-state index in [0.29, 0.717) is 22.4 Å². The number of hydrogen-bond acceptors (Lipinski definition) is 5. The molecule has 0 fully saturated rings. The lowest BCUT2D eigenvalue weighted by atomic mass is 10.1. The lowest BCUT2D eigenvalue weighted by Crippen LogP contribution is -2.36. The van der Waals surface area contributed by atoms with Crippen LogP contribution in [0.4, 0.5) is 5.69 Å². The van der Waals surface area contributed by atoms with Gasteiger partial charge in [-0.3, -0.25) is 10.2 Å². The largest absolute Gasteiger partial charge is 0.493 e. The van der Waals surface area contributed by atoms with E-state index < -0.39 is 0 Å². The Morgan fingerprint density at radius 3 is 2.43 bits per heavy atom. The smallest absolute Gasteiger partial charge is 0.281 e. The summed E-state index contributed by atoms with van der Waals surface area (Å²) in [5.41, 5.74) is 6.06. The van der Waals surface area contributed by atoms with E-state index in [4.69, 9.17) is 33.9 Å². The number of aromatic amines is 1. The quantitative estimate of drug-likeness (QED) is 0.561. The zero-order chi connectivity index (χ0) is 20.4. The summed E-state index contributed by atoms with van der Waals surface area (Å²) in [5, 5.41) is 3.71. The molecular weight excluding hydrogens is 396 g/mol. The minimum absolute atomic E-state index is 0.175. The third-order valence-electron chi connectivity index (χ3n) is 4.25. The maximum absolute atomic E-state index is 12.9. The monoisotopic (exact) mass is 416 g/mol. The first kappa shape index (κ1) is 19.8. The van der Waals surface area contributed by atoms with E-state index in [1.807, 2.05) is 32.0 Å². The van der Waals surface area contributed by atoms with E-state index in [2.05, 4.69) is 15.7 Å². The number of H-pyrrole nitrogens is 1. The third-order valence-corrected chi connectivity index (χ3v) is 4.72. The number of ether oxygens (including phenoxy) is 2. The summed E-state index contributed by atoms with van der Waals surface area (Å²) in [5.74, 6) is 0.943. The minimum atomic E-state index is -0.357. The molecule has 0 aliphatic rings. The number of aromatic nitrogens is 2. The molecule has 28 heavy (non-hydrogen) atoms. The Morgan fingerprint density at radius 2 is 1.79 bits per heavy atom. The second-order valence-electron chi connectivity index (χ2n) is 6.21. The number of nitrogens with zero attached hydrogens (tertiary/aromatic N) is 1. The van der Waals surface area contributed by atoms with Gasteiger partial charge in [0, 0.05) is 11.8 Å². The van der Waals surface area contributed by atoms with Gasteiger partial charge in [0.2, 0.25) is 0 Å². The van der Waals surface area contributed by atoms with Crippen LogP contribution in [0, 0.1) is 18.6 Å². The molecule has 3 aromatic rings. The van der Waals surface area contributed by atoms with Crippen molar-refractivity contribution < 1.29 is 9.47 Å². The average Bonchev–Trinajstić information content (AvgIpc) is 2.66. The Kier molecular flexibility index (Phi) is 5.66. The fourth-order valence-corrected chi connectivity index (χ4v) is 3.29. The van der Waals surface area contributed by atoms with Gasteiger partial charge in [0.1, 0.15) is 0 Å². The molecule has 146 valence electrons. The molecule has 1 heterocycles. The van der Waals surface area contributed by atoms with Gasteiger partial charge >= 0.3 is 0 Å². The highest BCUT2D eigenvalue weighted by atomic mass is 32.1. The van der Waals surface area contributed by atoms with E-state index in [1.165, 1.54) is 18.9 Å². The van der Waals surface area contributed by atoms with Crippen molar-refractivity contribution in [3.63, 3.8) is 0 Å². The first-order valence-electron chi connectivity index (χ1n) is 8.40. The van der Waals surface area contributed by atoms with Crippen LogP contribution in [0.3, 0.4) is 0 Å². The molecule has 2 aromatic carbocycles. The van der Waals surface area contributed by atoms with Gasteiger partial charge in [-0.05, 0) is 56.0 Å². The van der Waals surface area contributed by atoms with Crippen molar-refractivity contribution in [3.8, 4) is 11.5 Å². The van der Waals surface area contributed by atoms with Gasteiger partial charge in [-0.15, -0.1) is 0 Å². The molecule has 3 N–H and O–H groups in total. The molecule has 9 heteroatoms. The summed E-state index contributed by atoms with van der Waals surface area (Å²) in [6, 6.07) is 9.22. The fourth-order valence-electron chi connectivity index (χ4n) is 2.85. The fraction of sp³-hybridized carbons (Fsp3) is 0.211. The zero-order valence-electron chi connectivity index (χ0n) is 15.9. The predicted octanol–water partition coefficient (Wildman–Crippen LogP) is 3.63. The maximum atomic E-state index is 12.9. The summed E-state index contributed by atoms with van der Waals surface area (Å²) >= 11 is 10.7. The first-order chi connectivity index (χ1) is 13.3. The van der Waals surface area contributed by atoms with Crippen molar-refractivity contribution in [1.82, 2.24) is 9.66 Å². The topological polar surface area (TPSA) is 80.3 Å². The minimum Gasteiger partial charge on any atom is -0.493 e. The average molecular weight is 417 g/mol. The number of rotatable bonds is 4. The highest BCUT2D eigenvalue weighted by Gasteiger charge is 2.12. The number of thiocarbonyl (C=S) groups is 1. The van der Waals surface area contributed by atoms with E-state index in [9.17, 15) is 4.79 Å². The summed E-state index contributed by atoms with van der Waals surface area (Å²) in [7, 11) is 3.03. The summed E-state index contributed by atoms with van der Waals surface area (Å²) in [6.07, 6.45) is 0. The molecule has 0 atom stereocenters. The number of hydrogen-bond donors (Lipinski definition) is 3. The number of benzene rings is 2. The van der Waals surface area contributed by atoms with Crippen molar-refractivity contribution in [2.24, 2.45) is 0 Å². The Bertz CT molecular complexity index is 1180. The number of methoxy groups -OCH3 is 2. The number of fused-ring (bicyclic) bond motifs is 1. The molecule has 0 saturated heterocycles. The van der Waals surface area contributed by atoms with Gasteiger partial charge in [0.05, 0.1) is 25.1 Å². The third kappa shape index (κ3) is 3.85. The SMILES string of the molecule is COc1cc2[nH]c(=S)n(NC(=S)Nc3ccc(C)cc3C)c(=O)c2cc1OC. The number of nitrogens with one attached hydrogen (secondary N) is 3. The van der Waals surface area contributed by atoms with Gasteiger partial charge < -0.3 is 19.8 Å². The van der Waals surface area contributed by atoms with Gasteiger partial charge in [0.25, 0.3) is 5.56 Å². The van der Waals surface area contributed by atoms with Crippen LogP contribution in [-0.4, -0.2) is 29.0 Å². The predicted molar refractivity (Wildman–Crippen MR) is 118 cm³/mol. The van der Waals surface area contributed by atoms with Crippen LogP contribution in [-0.2, 0) is 0 Å². The lowest BCUT2D eigenvalue weighted by molar-refractivity contribution is 0.355. The van der Waals surface area contributed by atoms with Crippen molar-refractivity contribution in [3.05, 3.63) is 56.6 Å². The van der Waals surface area contributed by atoms with Crippen molar-refractivity contribution >= 4 is 46.1 Å². The van der Waals surface area contributed by atoms with Crippen LogP contribution < -0.4 is 25.8 Å². The Balaban J connectivity index is 1.97. The molecule has 7 nitrogen and oxygen atoms in total. The molecule has 3 rings (SSSR count). The second kappa shape index (κ2) is 7.99. The lowest BCUT2D eigenvalue weighted by Gasteiger charge is -2.15. The molecular formula is C19H20N4O3S2. The summed E-state index contributed by atoms with van der Waals surface area (Å²) < 4.78 is 11.9. The molecule has 0 saturated carbocycles. The Labute approximate surface area is 172 Å². The number of aryl methyl sites for hydroxylation is 2. The van der Waals surface area contributed by atoms with Crippen LogP contribution in [0.1, 0.15) is 11.1 Å². The Hall–Kier alpha value is -2.91. The van der Waals surface area contributed by atoms with Crippen molar-refractivity contribution in [2.75, 3.05) is 25.0 Å². The standard InChI is InChI=1S/C19H20N4O3S2/c1-10-5-6-13(11(2)7-10)20-18(27)22-23-17(24)12-8-15(25-3)16(26-4)9-14(12)21-19(23)28/h5-9H,1-4H3,(H,21,28)(H2,20,22,27). The van der Waals surface area contributed by atoms with Crippen LogP contribution in [0.25, 0.3) is 10.9 Å². The second-order valence-corrected chi connectivity index (χ2v) is 7.00. The van der Waals surface area contributed by atoms with Gasteiger partial charge in [-0.1, -0.05) is 17.7 Å². The van der Waals surface area contributed by atoms with E-state index in [0.717, 1.165) is 16.8 Å². The molecule has 0 aliphatic carbocycles. The van der Waals surface area contributed by atoms with Crippen LogP contribution >= 0.6 is 24.4 Å². The maximum Gasteiger partial charge on any atom is 0.281 e. The van der Waals surface area contributed by atoms with E-state index >= 15 is 0 Å². The van der Waals surface area contributed by atoms with Crippen LogP contribution in [0.5, 0.6) is 11.5 Å². The molecule has 0 bridgehead atoms. The first-order valence-corrected chi connectivity index (χ1v) is 9.22. The highest BCUT2D eigenvalue weighted by Crippen LogP contribution is 2.29. The molecule has 1 aromatic heterocycles. The van der Waals surface area contributed by atoms with Crippen LogP contribution in [0.2, 0.25) is 0 Å². The van der Waals surface area contributed by atoms with E-state index in [1.54, 1.807) is 12.1 Å². The highest BCUT2D eigenvalue weighted by molar-refractivity contribution is 7.80.